The normalized spacial score (nSPS) is 15.4. The van der Waals surface area contributed by atoms with Crippen LogP contribution in [0.2, 0.25) is 0 Å². The number of ether oxygens (including phenoxy) is 4. The molecule has 4 aromatic rings. The van der Waals surface area contributed by atoms with E-state index in [2.05, 4.69) is 10.6 Å². The molecule has 1 saturated heterocycles. The van der Waals surface area contributed by atoms with E-state index in [1.54, 1.807) is 29.2 Å². The van der Waals surface area contributed by atoms with Crippen molar-refractivity contribution in [1.29, 1.82) is 0 Å². The van der Waals surface area contributed by atoms with Crippen LogP contribution in [0.15, 0.2) is 91.0 Å². The molecule has 11 nitrogen and oxygen atoms in total. The Morgan fingerprint density at radius 3 is 2.27 bits per heavy atom. The van der Waals surface area contributed by atoms with Crippen LogP contribution in [-0.4, -0.2) is 67.4 Å². The second-order valence-electron chi connectivity index (χ2n) is 11.4. The number of rotatable bonds is 13. The summed E-state index contributed by atoms with van der Waals surface area (Å²) >= 11 is 0. The first kappa shape index (κ1) is 33.8. The van der Waals surface area contributed by atoms with Crippen LogP contribution < -0.4 is 24.8 Å². The SMILES string of the molecule is COc1cc(CC(=O)N2CC(OCc3ccccc3)CC2COc2ccc(C(=O)O)cc2OC)ccc1NC(=O)Nc1ccccc1C. The Morgan fingerprint density at radius 2 is 1.54 bits per heavy atom. The van der Waals surface area contributed by atoms with Gasteiger partial charge in [0.15, 0.2) is 11.5 Å². The summed E-state index contributed by atoms with van der Waals surface area (Å²) in [6.45, 7) is 2.85. The predicted octanol–water partition coefficient (Wildman–Crippen LogP) is 6.16. The number of hydrogen-bond acceptors (Lipinski definition) is 7. The molecule has 0 bridgehead atoms. The maximum atomic E-state index is 13.8. The maximum absolute atomic E-state index is 13.8. The first-order valence-corrected chi connectivity index (χ1v) is 15.5. The highest BCUT2D eigenvalue weighted by Gasteiger charge is 2.36. The summed E-state index contributed by atoms with van der Waals surface area (Å²) in [6.07, 6.45) is 0.424. The van der Waals surface area contributed by atoms with Crippen molar-refractivity contribution >= 4 is 29.3 Å². The van der Waals surface area contributed by atoms with Crippen LogP contribution in [0.1, 0.15) is 33.5 Å². The predicted molar refractivity (Wildman–Crippen MR) is 181 cm³/mol. The molecule has 5 rings (SSSR count). The number of aromatic carboxylic acids is 1. The number of nitrogens with zero attached hydrogens (tertiary/aromatic N) is 1. The minimum absolute atomic E-state index is 0.0785. The van der Waals surface area contributed by atoms with Gasteiger partial charge >= 0.3 is 12.0 Å². The molecule has 4 aromatic carbocycles. The number of benzene rings is 4. The van der Waals surface area contributed by atoms with E-state index in [1.807, 2.05) is 61.5 Å². The second-order valence-corrected chi connectivity index (χ2v) is 11.4. The van der Waals surface area contributed by atoms with E-state index in [0.29, 0.717) is 48.0 Å². The molecule has 3 N–H and O–H groups in total. The van der Waals surface area contributed by atoms with Gasteiger partial charge < -0.3 is 39.6 Å². The zero-order valence-electron chi connectivity index (χ0n) is 27.1. The van der Waals surface area contributed by atoms with Crippen molar-refractivity contribution in [2.24, 2.45) is 0 Å². The average Bonchev–Trinajstić information content (AvgIpc) is 3.51. The lowest BCUT2D eigenvalue weighted by Crippen LogP contribution is -2.40. The van der Waals surface area contributed by atoms with Crippen molar-refractivity contribution in [2.75, 3.05) is 38.0 Å². The van der Waals surface area contributed by atoms with Gasteiger partial charge in [-0.15, -0.1) is 0 Å². The van der Waals surface area contributed by atoms with Gasteiger partial charge in [0.25, 0.3) is 0 Å². The summed E-state index contributed by atoms with van der Waals surface area (Å²) in [5, 5.41) is 15.0. The van der Waals surface area contributed by atoms with Gasteiger partial charge in [0.05, 0.1) is 50.6 Å². The highest BCUT2D eigenvalue weighted by Crippen LogP contribution is 2.31. The highest BCUT2D eigenvalue weighted by atomic mass is 16.5. The molecule has 0 aromatic heterocycles. The van der Waals surface area contributed by atoms with E-state index in [1.165, 1.54) is 26.4 Å². The number of methoxy groups -OCH3 is 2. The smallest absolute Gasteiger partial charge is 0.335 e. The third-order valence-corrected chi connectivity index (χ3v) is 8.13. The molecule has 1 aliphatic rings. The number of likely N-dealkylation sites (tertiary alicyclic amines) is 1. The van der Waals surface area contributed by atoms with E-state index in [-0.39, 0.29) is 42.4 Å². The molecule has 1 fully saturated rings. The van der Waals surface area contributed by atoms with Gasteiger partial charge in [-0.1, -0.05) is 54.6 Å². The van der Waals surface area contributed by atoms with Gasteiger partial charge in [-0.25, -0.2) is 9.59 Å². The standard InChI is InChI=1S/C37H39N3O8/c1-24-9-7-8-12-30(24)38-37(44)39-31-15-13-26(17-33(31)45-2)18-35(41)40-21-29(47-22-25-10-5-4-6-11-25)20-28(40)23-48-32-16-14-27(36(42)43)19-34(32)46-3/h4-17,19,28-29H,18,20-23H2,1-3H3,(H,42,43)(H2,38,39,44). The van der Waals surface area contributed by atoms with E-state index in [4.69, 9.17) is 18.9 Å². The fourth-order valence-corrected chi connectivity index (χ4v) is 5.57. The van der Waals surface area contributed by atoms with Crippen molar-refractivity contribution in [3.8, 4) is 17.2 Å². The number of carbonyl (C=O) groups is 3. The molecule has 2 atom stereocenters. The Morgan fingerprint density at radius 1 is 0.812 bits per heavy atom. The van der Waals surface area contributed by atoms with Crippen molar-refractivity contribution in [2.45, 2.75) is 38.5 Å². The monoisotopic (exact) mass is 653 g/mol. The number of hydrogen-bond donors (Lipinski definition) is 3. The van der Waals surface area contributed by atoms with Crippen LogP contribution in [0.3, 0.4) is 0 Å². The van der Waals surface area contributed by atoms with Crippen LogP contribution in [0.4, 0.5) is 16.2 Å². The lowest BCUT2D eigenvalue weighted by Gasteiger charge is -2.25. The van der Waals surface area contributed by atoms with Crippen molar-refractivity contribution < 1.29 is 38.4 Å². The molecule has 0 radical (unpaired) electrons. The van der Waals surface area contributed by atoms with Crippen LogP contribution in [0, 0.1) is 6.92 Å². The van der Waals surface area contributed by atoms with E-state index >= 15 is 0 Å². The number of amides is 3. The maximum Gasteiger partial charge on any atom is 0.335 e. The van der Waals surface area contributed by atoms with Gasteiger partial charge in [0, 0.05) is 12.2 Å². The number of urea groups is 1. The molecule has 11 heteroatoms. The average molecular weight is 654 g/mol. The van der Waals surface area contributed by atoms with E-state index in [0.717, 1.165) is 11.1 Å². The van der Waals surface area contributed by atoms with Crippen LogP contribution in [0.5, 0.6) is 17.2 Å². The first-order valence-electron chi connectivity index (χ1n) is 15.5. The van der Waals surface area contributed by atoms with Crippen LogP contribution in [-0.2, 0) is 22.6 Å². The van der Waals surface area contributed by atoms with Gasteiger partial charge in [0.2, 0.25) is 5.91 Å². The van der Waals surface area contributed by atoms with Crippen LogP contribution >= 0.6 is 0 Å². The summed E-state index contributed by atoms with van der Waals surface area (Å²) in [5.74, 6) is -0.110. The Balaban J connectivity index is 1.27. The molecule has 2 unspecified atom stereocenters. The van der Waals surface area contributed by atoms with Gasteiger partial charge in [-0.2, -0.15) is 0 Å². The van der Waals surface area contributed by atoms with Crippen molar-refractivity contribution in [3.63, 3.8) is 0 Å². The minimum Gasteiger partial charge on any atom is -0.495 e. The summed E-state index contributed by atoms with van der Waals surface area (Å²) in [4.78, 5) is 39.7. The molecule has 250 valence electrons. The Kier molecular flexibility index (Phi) is 11.1. The van der Waals surface area contributed by atoms with Gasteiger partial charge in [-0.05, 0) is 66.4 Å². The zero-order chi connectivity index (χ0) is 34.0. The first-order chi connectivity index (χ1) is 23.2. The van der Waals surface area contributed by atoms with Crippen LogP contribution in [0.25, 0.3) is 0 Å². The number of anilines is 2. The molecule has 1 heterocycles. The zero-order valence-corrected chi connectivity index (χ0v) is 27.1. The molecule has 0 aliphatic carbocycles. The number of aryl methyl sites for hydroxylation is 1. The number of carbonyl (C=O) groups excluding carboxylic acids is 2. The highest BCUT2D eigenvalue weighted by molar-refractivity contribution is 6.01. The number of para-hydroxylation sites is 1. The molecule has 3 amide bonds. The van der Waals surface area contributed by atoms with Gasteiger partial charge in [-0.3, -0.25) is 4.79 Å². The Labute approximate surface area is 279 Å². The molecular weight excluding hydrogens is 614 g/mol. The van der Waals surface area contributed by atoms with Gasteiger partial charge in [0.1, 0.15) is 12.4 Å². The van der Waals surface area contributed by atoms with Crippen molar-refractivity contribution in [3.05, 3.63) is 113 Å². The molecule has 0 spiro atoms. The molecule has 0 saturated carbocycles. The van der Waals surface area contributed by atoms with E-state index < -0.39 is 12.0 Å². The summed E-state index contributed by atoms with van der Waals surface area (Å²) in [6, 6.07) is 26.2. The largest absolute Gasteiger partial charge is 0.495 e. The lowest BCUT2D eigenvalue weighted by molar-refractivity contribution is -0.132. The third-order valence-electron chi connectivity index (χ3n) is 8.13. The fourth-order valence-electron chi connectivity index (χ4n) is 5.57. The molecule has 48 heavy (non-hydrogen) atoms. The summed E-state index contributed by atoms with van der Waals surface area (Å²) in [7, 11) is 2.95. The summed E-state index contributed by atoms with van der Waals surface area (Å²) < 4.78 is 23.2. The number of carboxylic acid groups (broad SMARTS) is 1. The number of carboxylic acids is 1. The minimum atomic E-state index is -1.07. The molecular formula is C37H39N3O8. The summed E-state index contributed by atoms with van der Waals surface area (Å²) in [5.41, 5.74) is 3.91. The Hall–Kier alpha value is -5.55. The Bertz CT molecular complexity index is 1750. The molecule has 1 aliphatic heterocycles. The quantitative estimate of drug-likeness (QED) is 0.156. The second kappa shape index (κ2) is 15.8. The van der Waals surface area contributed by atoms with E-state index in [9.17, 15) is 19.5 Å². The lowest BCUT2D eigenvalue weighted by atomic mass is 10.1. The third kappa shape index (κ3) is 8.62. The number of nitrogens with one attached hydrogen (secondary N) is 2. The van der Waals surface area contributed by atoms with Crippen molar-refractivity contribution in [1.82, 2.24) is 4.90 Å². The topological polar surface area (TPSA) is 136 Å². The fraction of sp³-hybridized carbons (Fsp3) is 0.270.